The molecule has 2 N–H and O–H groups in total. The van der Waals surface area contributed by atoms with Crippen molar-refractivity contribution in [1.82, 2.24) is 5.32 Å². The molecule has 1 fully saturated rings. The highest BCUT2D eigenvalue weighted by molar-refractivity contribution is 5.98. The summed E-state index contributed by atoms with van der Waals surface area (Å²) in [5, 5.41) is 5.73. The number of carbonyl (C=O) groups is 2. The lowest BCUT2D eigenvalue weighted by Crippen LogP contribution is -2.28. The number of benzene rings is 2. The van der Waals surface area contributed by atoms with Crippen LogP contribution in [0, 0.1) is 0 Å². The van der Waals surface area contributed by atoms with Crippen molar-refractivity contribution in [3.63, 3.8) is 0 Å². The van der Waals surface area contributed by atoms with Gasteiger partial charge in [0.05, 0.1) is 0 Å². The van der Waals surface area contributed by atoms with E-state index >= 15 is 0 Å². The molecule has 1 atom stereocenters. The maximum absolute atomic E-state index is 12.3. The van der Waals surface area contributed by atoms with E-state index in [4.69, 9.17) is 9.47 Å². The summed E-state index contributed by atoms with van der Waals surface area (Å²) in [5.41, 5.74) is 3.47. The number of carbonyl (C=O) groups excluding carboxylic acids is 2. The van der Waals surface area contributed by atoms with E-state index in [0.717, 1.165) is 22.5 Å². The molecule has 0 aliphatic carbocycles. The summed E-state index contributed by atoms with van der Waals surface area (Å²) in [5.74, 6) is 1.25. The molecule has 5 rings (SSSR count). The molecular formula is C19H17N3O4. The average Bonchev–Trinajstić information content (AvgIpc) is 3.28. The number of hydrogen-bond donors (Lipinski definition) is 2. The third kappa shape index (κ3) is 2.28. The van der Waals surface area contributed by atoms with Crippen molar-refractivity contribution in [2.24, 2.45) is 0 Å². The zero-order valence-corrected chi connectivity index (χ0v) is 14.0. The Bertz CT molecular complexity index is 927. The lowest BCUT2D eigenvalue weighted by molar-refractivity contribution is -0.116. The van der Waals surface area contributed by atoms with Crippen molar-refractivity contribution in [1.29, 1.82) is 0 Å². The summed E-state index contributed by atoms with van der Waals surface area (Å²) in [6.45, 7) is 1.44. The minimum absolute atomic E-state index is 0.0537. The fraction of sp³-hybridized carbons (Fsp3) is 0.263. The van der Waals surface area contributed by atoms with Crippen LogP contribution in [0.15, 0.2) is 36.4 Å². The normalized spacial score (nSPS) is 20.6. The van der Waals surface area contributed by atoms with E-state index in [0.29, 0.717) is 31.0 Å². The summed E-state index contributed by atoms with van der Waals surface area (Å²) < 4.78 is 11.1. The molecule has 3 aliphatic rings. The molecule has 26 heavy (non-hydrogen) atoms. The number of nitrogens with zero attached hydrogens (tertiary/aromatic N) is 1. The number of fused-ring (bicyclic) bond motifs is 2. The van der Waals surface area contributed by atoms with Gasteiger partial charge in [0.1, 0.15) is 0 Å². The van der Waals surface area contributed by atoms with Gasteiger partial charge in [-0.2, -0.15) is 0 Å². The first kappa shape index (κ1) is 15.1. The maximum Gasteiger partial charge on any atom is 0.321 e. The van der Waals surface area contributed by atoms with Gasteiger partial charge in [-0.05, 0) is 23.8 Å². The Morgan fingerprint density at radius 3 is 2.85 bits per heavy atom. The largest absolute Gasteiger partial charge is 0.454 e. The summed E-state index contributed by atoms with van der Waals surface area (Å²) in [6, 6.07) is 11.4. The van der Waals surface area contributed by atoms with Crippen LogP contribution in [-0.2, 0) is 4.79 Å². The lowest BCUT2D eigenvalue weighted by atomic mass is 9.84. The number of amides is 3. The van der Waals surface area contributed by atoms with Gasteiger partial charge in [-0.1, -0.05) is 18.2 Å². The van der Waals surface area contributed by atoms with Crippen LogP contribution in [0.25, 0.3) is 0 Å². The summed E-state index contributed by atoms with van der Waals surface area (Å²) >= 11 is 0. The SMILES string of the molecule is O=C1CC(c2cccc3c2OCO3)c2ccc(N3CCNC3=O)cc2N1. The Labute approximate surface area is 149 Å². The van der Waals surface area contributed by atoms with Crippen molar-refractivity contribution < 1.29 is 19.1 Å². The quantitative estimate of drug-likeness (QED) is 0.871. The number of ether oxygens (including phenoxy) is 2. The third-order valence-corrected chi connectivity index (χ3v) is 5.05. The molecule has 0 bridgehead atoms. The third-order valence-electron chi connectivity index (χ3n) is 5.05. The Morgan fingerprint density at radius 1 is 1.08 bits per heavy atom. The molecule has 0 spiro atoms. The highest BCUT2D eigenvalue weighted by Crippen LogP contribution is 2.46. The lowest BCUT2D eigenvalue weighted by Gasteiger charge is -2.28. The minimum Gasteiger partial charge on any atom is -0.454 e. The highest BCUT2D eigenvalue weighted by Gasteiger charge is 2.32. The number of nitrogens with one attached hydrogen (secondary N) is 2. The predicted octanol–water partition coefficient (Wildman–Crippen LogP) is 2.42. The number of hydrogen-bond acceptors (Lipinski definition) is 4. The molecule has 0 aromatic heterocycles. The van der Waals surface area contributed by atoms with Crippen molar-refractivity contribution in [2.75, 3.05) is 30.1 Å². The van der Waals surface area contributed by atoms with Gasteiger partial charge in [0.15, 0.2) is 11.5 Å². The van der Waals surface area contributed by atoms with E-state index in [1.54, 1.807) is 4.90 Å². The van der Waals surface area contributed by atoms with E-state index in [1.165, 1.54) is 0 Å². The average molecular weight is 351 g/mol. The Kier molecular flexibility index (Phi) is 3.28. The van der Waals surface area contributed by atoms with Crippen LogP contribution < -0.4 is 25.0 Å². The molecule has 0 radical (unpaired) electrons. The zero-order valence-electron chi connectivity index (χ0n) is 14.0. The molecule has 7 nitrogen and oxygen atoms in total. The molecule has 3 amide bonds. The van der Waals surface area contributed by atoms with Gasteiger partial charge in [0, 0.05) is 42.4 Å². The Morgan fingerprint density at radius 2 is 2.00 bits per heavy atom. The van der Waals surface area contributed by atoms with Gasteiger partial charge in [-0.15, -0.1) is 0 Å². The Hall–Kier alpha value is -3.22. The van der Waals surface area contributed by atoms with Crippen LogP contribution in [0.1, 0.15) is 23.5 Å². The number of para-hydroxylation sites is 1. The molecule has 0 saturated carbocycles. The van der Waals surface area contributed by atoms with Gasteiger partial charge < -0.3 is 20.1 Å². The number of urea groups is 1. The van der Waals surface area contributed by atoms with Gasteiger partial charge in [0.25, 0.3) is 0 Å². The van der Waals surface area contributed by atoms with E-state index in [1.807, 2.05) is 36.4 Å². The topological polar surface area (TPSA) is 79.9 Å². The molecule has 1 unspecified atom stereocenters. The van der Waals surface area contributed by atoms with Crippen LogP contribution in [0.4, 0.5) is 16.2 Å². The summed E-state index contributed by atoms with van der Waals surface area (Å²) in [7, 11) is 0. The predicted molar refractivity (Wildman–Crippen MR) is 94.8 cm³/mol. The minimum atomic E-state index is -0.116. The van der Waals surface area contributed by atoms with Gasteiger partial charge in [-0.3, -0.25) is 9.69 Å². The molecule has 7 heteroatoms. The van der Waals surface area contributed by atoms with Crippen molar-refractivity contribution >= 4 is 23.3 Å². The fourth-order valence-corrected chi connectivity index (χ4v) is 3.84. The first-order valence-electron chi connectivity index (χ1n) is 8.58. The van der Waals surface area contributed by atoms with Crippen molar-refractivity contribution in [2.45, 2.75) is 12.3 Å². The standard InChI is InChI=1S/C19H17N3O4/c23-17-9-14(13-2-1-3-16-18(13)26-10-25-16)12-5-4-11(8-15(12)21-17)22-7-6-20-19(22)24/h1-5,8,14H,6-7,9-10H2,(H,20,24)(H,21,23). The van der Waals surface area contributed by atoms with E-state index < -0.39 is 0 Å². The van der Waals surface area contributed by atoms with E-state index in [-0.39, 0.29) is 24.6 Å². The van der Waals surface area contributed by atoms with Crippen LogP contribution >= 0.6 is 0 Å². The Balaban J connectivity index is 1.58. The molecule has 132 valence electrons. The second-order valence-corrected chi connectivity index (χ2v) is 6.54. The second kappa shape index (κ2) is 5.66. The smallest absolute Gasteiger partial charge is 0.321 e. The first-order valence-corrected chi connectivity index (χ1v) is 8.58. The zero-order chi connectivity index (χ0) is 17.7. The monoisotopic (exact) mass is 351 g/mol. The summed E-state index contributed by atoms with van der Waals surface area (Å²) in [6.07, 6.45) is 0.344. The highest BCUT2D eigenvalue weighted by atomic mass is 16.7. The molecular weight excluding hydrogens is 334 g/mol. The van der Waals surface area contributed by atoms with Gasteiger partial charge in [0.2, 0.25) is 12.7 Å². The number of anilines is 2. The fourth-order valence-electron chi connectivity index (χ4n) is 3.84. The van der Waals surface area contributed by atoms with Crippen molar-refractivity contribution in [3.05, 3.63) is 47.5 Å². The maximum atomic E-state index is 12.3. The van der Waals surface area contributed by atoms with Crippen LogP contribution in [0.2, 0.25) is 0 Å². The van der Waals surface area contributed by atoms with Crippen LogP contribution in [0.5, 0.6) is 11.5 Å². The van der Waals surface area contributed by atoms with Gasteiger partial charge >= 0.3 is 6.03 Å². The van der Waals surface area contributed by atoms with Crippen molar-refractivity contribution in [3.8, 4) is 11.5 Å². The van der Waals surface area contributed by atoms with Crippen LogP contribution in [0.3, 0.4) is 0 Å². The molecule has 3 aliphatic heterocycles. The van der Waals surface area contributed by atoms with Gasteiger partial charge in [-0.25, -0.2) is 4.79 Å². The molecule has 2 aromatic carbocycles. The second-order valence-electron chi connectivity index (χ2n) is 6.54. The van der Waals surface area contributed by atoms with E-state index in [2.05, 4.69) is 10.6 Å². The summed E-state index contributed by atoms with van der Waals surface area (Å²) in [4.78, 5) is 25.9. The van der Waals surface area contributed by atoms with E-state index in [9.17, 15) is 9.59 Å². The molecule has 2 aromatic rings. The van der Waals surface area contributed by atoms with Crippen LogP contribution in [-0.4, -0.2) is 31.8 Å². The molecule has 1 saturated heterocycles. The molecule has 3 heterocycles. The number of rotatable bonds is 2. The first-order chi connectivity index (χ1) is 12.7.